The third-order valence-electron chi connectivity index (χ3n) is 4.42. The molecule has 122 valence electrons. The van der Waals surface area contributed by atoms with Crippen LogP contribution in [0.5, 0.6) is 0 Å². The van der Waals surface area contributed by atoms with Crippen LogP contribution in [-0.4, -0.2) is 22.0 Å². The molecule has 2 aliphatic rings. The number of amides is 2. The fraction of sp³-hybridized carbons (Fsp3) is 0.125. The van der Waals surface area contributed by atoms with Crippen molar-refractivity contribution in [3.8, 4) is 0 Å². The lowest BCUT2D eigenvalue weighted by atomic mass is 9.74. The molecule has 2 aromatic carbocycles. The van der Waals surface area contributed by atoms with Crippen molar-refractivity contribution in [2.75, 3.05) is 10.6 Å². The van der Waals surface area contributed by atoms with E-state index in [9.17, 15) is 28.6 Å². The van der Waals surface area contributed by atoms with Gasteiger partial charge in [-0.3, -0.25) is 9.59 Å². The number of anilines is 2. The van der Waals surface area contributed by atoms with Crippen LogP contribution >= 0.6 is 0 Å². The van der Waals surface area contributed by atoms with Gasteiger partial charge < -0.3 is 20.8 Å². The standard InChI is InChI=1S/C16H10F2N2O4/c17-7-1-3-11-9(5-7)15(23,13(21)19-11)16(24)10-6-8(18)2-4-12(10)20-14(16)22/h1-6,23-24H,(H,19,21)(H,20,22). The van der Waals surface area contributed by atoms with Gasteiger partial charge in [-0.05, 0) is 36.4 Å². The van der Waals surface area contributed by atoms with Gasteiger partial charge in [-0.1, -0.05) is 0 Å². The van der Waals surface area contributed by atoms with E-state index in [2.05, 4.69) is 10.6 Å². The first-order chi connectivity index (χ1) is 11.3. The Morgan fingerprint density at radius 1 is 0.750 bits per heavy atom. The van der Waals surface area contributed by atoms with Gasteiger partial charge in [0.1, 0.15) is 11.6 Å². The van der Waals surface area contributed by atoms with Crippen LogP contribution < -0.4 is 10.6 Å². The van der Waals surface area contributed by atoms with Crippen molar-refractivity contribution in [1.82, 2.24) is 0 Å². The summed E-state index contributed by atoms with van der Waals surface area (Å²) in [6.45, 7) is 0. The zero-order valence-electron chi connectivity index (χ0n) is 11.9. The third kappa shape index (κ3) is 1.53. The molecule has 0 fully saturated rings. The van der Waals surface area contributed by atoms with E-state index >= 15 is 0 Å². The van der Waals surface area contributed by atoms with Crippen molar-refractivity contribution >= 4 is 23.2 Å². The lowest BCUT2D eigenvalue weighted by molar-refractivity contribution is -0.181. The molecule has 2 heterocycles. The van der Waals surface area contributed by atoms with Gasteiger partial charge in [0.15, 0.2) is 0 Å². The molecule has 0 aromatic heterocycles. The molecular weight excluding hydrogens is 322 g/mol. The van der Waals surface area contributed by atoms with Crippen LogP contribution in [0.1, 0.15) is 11.1 Å². The largest absolute Gasteiger partial charge is 0.372 e. The molecule has 0 saturated carbocycles. The third-order valence-corrected chi connectivity index (χ3v) is 4.42. The van der Waals surface area contributed by atoms with E-state index in [1.807, 2.05) is 0 Å². The molecule has 24 heavy (non-hydrogen) atoms. The summed E-state index contributed by atoms with van der Waals surface area (Å²) < 4.78 is 27.2. The molecule has 0 radical (unpaired) electrons. The molecule has 6 nitrogen and oxygen atoms in total. The predicted molar refractivity (Wildman–Crippen MR) is 77.9 cm³/mol. The SMILES string of the molecule is O=C1Nc2ccc(F)cc2C1(O)C1(O)C(=O)Nc2ccc(F)cc21. The van der Waals surface area contributed by atoms with Crippen molar-refractivity contribution in [2.45, 2.75) is 11.2 Å². The summed E-state index contributed by atoms with van der Waals surface area (Å²) in [4.78, 5) is 24.8. The van der Waals surface area contributed by atoms with Gasteiger partial charge >= 0.3 is 0 Å². The lowest BCUT2D eigenvalue weighted by Crippen LogP contribution is -2.57. The summed E-state index contributed by atoms with van der Waals surface area (Å²) in [5, 5.41) is 26.6. The fourth-order valence-electron chi connectivity index (χ4n) is 3.24. The van der Waals surface area contributed by atoms with Crippen molar-refractivity contribution < 1.29 is 28.6 Å². The van der Waals surface area contributed by atoms with Crippen LogP contribution in [0.3, 0.4) is 0 Å². The molecule has 4 N–H and O–H groups in total. The van der Waals surface area contributed by atoms with Crippen LogP contribution in [0, 0.1) is 11.6 Å². The molecule has 0 saturated heterocycles. The Kier molecular flexibility index (Phi) is 2.68. The summed E-state index contributed by atoms with van der Waals surface area (Å²) in [7, 11) is 0. The molecule has 2 aliphatic heterocycles. The predicted octanol–water partition coefficient (Wildman–Crippen LogP) is 0.944. The summed E-state index contributed by atoms with van der Waals surface area (Å²) >= 11 is 0. The molecule has 8 heteroatoms. The van der Waals surface area contributed by atoms with E-state index in [-0.39, 0.29) is 22.5 Å². The van der Waals surface area contributed by atoms with Crippen LogP contribution in [0.2, 0.25) is 0 Å². The second-order valence-corrected chi connectivity index (χ2v) is 5.71. The minimum absolute atomic E-state index is 0.0509. The normalized spacial score (nSPS) is 27.5. The quantitative estimate of drug-likeness (QED) is 0.625. The number of carbonyl (C=O) groups excluding carboxylic acids is 2. The van der Waals surface area contributed by atoms with Gasteiger partial charge in [-0.2, -0.15) is 0 Å². The number of aliphatic hydroxyl groups is 2. The molecule has 0 aliphatic carbocycles. The molecule has 2 unspecified atom stereocenters. The summed E-state index contributed by atoms with van der Waals surface area (Å²) in [5.41, 5.74) is -6.13. The minimum Gasteiger partial charge on any atom is -0.372 e. The lowest BCUT2D eigenvalue weighted by Gasteiger charge is -2.34. The molecule has 2 amide bonds. The molecule has 2 aromatic rings. The number of carbonyl (C=O) groups is 2. The number of fused-ring (bicyclic) bond motifs is 2. The van der Waals surface area contributed by atoms with Crippen LogP contribution in [0.15, 0.2) is 36.4 Å². The highest BCUT2D eigenvalue weighted by molar-refractivity contribution is 6.15. The summed E-state index contributed by atoms with van der Waals surface area (Å²) in [6, 6.07) is 6.19. The zero-order valence-corrected chi connectivity index (χ0v) is 11.9. The van der Waals surface area contributed by atoms with Crippen molar-refractivity contribution in [3.63, 3.8) is 0 Å². The number of nitrogens with one attached hydrogen (secondary N) is 2. The average Bonchev–Trinajstić information content (AvgIpc) is 2.95. The Morgan fingerprint density at radius 3 is 1.50 bits per heavy atom. The average molecular weight is 332 g/mol. The van der Waals surface area contributed by atoms with Gasteiger partial charge in [0.05, 0.1) is 0 Å². The van der Waals surface area contributed by atoms with Crippen molar-refractivity contribution in [3.05, 3.63) is 59.2 Å². The Hall–Kier alpha value is -2.84. The Morgan fingerprint density at radius 2 is 1.12 bits per heavy atom. The van der Waals surface area contributed by atoms with E-state index in [0.29, 0.717) is 0 Å². The van der Waals surface area contributed by atoms with E-state index < -0.39 is 34.7 Å². The maximum atomic E-state index is 13.6. The number of rotatable bonds is 1. The highest BCUT2D eigenvalue weighted by Crippen LogP contribution is 2.52. The molecule has 4 rings (SSSR count). The number of hydrogen-bond donors (Lipinski definition) is 4. The number of benzene rings is 2. The minimum atomic E-state index is -2.81. The summed E-state index contributed by atoms with van der Waals surface area (Å²) in [6.07, 6.45) is 0. The molecule has 2 atom stereocenters. The molecule has 0 spiro atoms. The van der Waals surface area contributed by atoms with E-state index in [4.69, 9.17) is 0 Å². The van der Waals surface area contributed by atoms with Gasteiger partial charge in [-0.25, -0.2) is 8.78 Å². The number of hydrogen-bond acceptors (Lipinski definition) is 4. The Bertz CT molecular complexity index is 857. The van der Waals surface area contributed by atoms with Crippen LogP contribution in [-0.2, 0) is 20.8 Å². The van der Waals surface area contributed by atoms with Gasteiger partial charge in [0.2, 0.25) is 11.2 Å². The maximum absolute atomic E-state index is 13.6. The first-order valence-corrected chi connectivity index (χ1v) is 6.96. The van der Waals surface area contributed by atoms with Crippen LogP contribution in [0.25, 0.3) is 0 Å². The number of halogens is 2. The first-order valence-electron chi connectivity index (χ1n) is 6.96. The maximum Gasteiger partial charge on any atom is 0.265 e. The zero-order chi connectivity index (χ0) is 17.3. The van der Waals surface area contributed by atoms with Crippen molar-refractivity contribution in [1.29, 1.82) is 0 Å². The topological polar surface area (TPSA) is 98.7 Å². The fourth-order valence-corrected chi connectivity index (χ4v) is 3.24. The Balaban J connectivity index is 2.03. The highest BCUT2D eigenvalue weighted by Gasteiger charge is 2.67. The first kappa shape index (κ1) is 14.7. The smallest absolute Gasteiger partial charge is 0.265 e. The van der Waals surface area contributed by atoms with Gasteiger partial charge in [-0.15, -0.1) is 0 Å². The monoisotopic (exact) mass is 332 g/mol. The van der Waals surface area contributed by atoms with Crippen LogP contribution in [0.4, 0.5) is 20.2 Å². The van der Waals surface area contributed by atoms with Gasteiger partial charge in [0.25, 0.3) is 11.8 Å². The van der Waals surface area contributed by atoms with Gasteiger partial charge in [0, 0.05) is 22.5 Å². The Labute approximate surface area is 133 Å². The van der Waals surface area contributed by atoms with Crippen molar-refractivity contribution in [2.24, 2.45) is 0 Å². The molecule has 0 bridgehead atoms. The van der Waals surface area contributed by atoms with E-state index in [1.165, 1.54) is 12.1 Å². The summed E-state index contributed by atoms with van der Waals surface area (Å²) in [5.74, 6) is -3.77. The van der Waals surface area contributed by atoms with E-state index in [0.717, 1.165) is 24.3 Å². The second kappa shape index (κ2) is 4.37. The second-order valence-electron chi connectivity index (χ2n) is 5.71. The molecular formula is C16H10F2N2O4. The highest BCUT2D eigenvalue weighted by atomic mass is 19.1. The van der Waals surface area contributed by atoms with E-state index in [1.54, 1.807) is 0 Å².